The van der Waals surface area contributed by atoms with Gasteiger partial charge in [-0.1, -0.05) is 35.5 Å². The van der Waals surface area contributed by atoms with E-state index in [4.69, 9.17) is 11.6 Å². The number of rotatable bonds is 1. The predicted octanol–water partition coefficient (Wildman–Crippen LogP) is 2.65. The summed E-state index contributed by atoms with van der Waals surface area (Å²) >= 11 is 7.46. The number of nitrogens with zero attached hydrogens (tertiary/aromatic N) is 2. The van der Waals surface area contributed by atoms with Gasteiger partial charge in [-0.3, -0.25) is 0 Å². The van der Waals surface area contributed by atoms with Crippen LogP contribution in [-0.2, 0) is 9.84 Å². The second-order valence-corrected chi connectivity index (χ2v) is 8.92. The zero-order valence-electron chi connectivity index (χ0n) is 10.4. The number of hydrogen-bond donors (Lipinski definition) is 0. The van der Waals surface area contributed by atoms with Gasteiger partial charge in [-0.2, -0.15) is 0 Å². The van der Waals surface area contributed by atoms with Crippen molar-refractivity contribution in [3.8, 4) is 11.3 Å². The number of sulfone groups is 1. The Morgan fingerprint density at radius 1 is 1.25 bits per heavy atom. The van der Waals surface area contributed by atoms with Crippen molar-refractivity contribution in [3.63, 3.8) is 0 Å². The molecule has 0 amide bonds. The molecule has 2 aliphatic heterocycles. The molecule has 0 aliphatic carbocycles. The van der Waals surface area contributed by atoms with Crippen LogP contribution < -0.4 is 0 Å². The van der Waals surface area contributed by atoms with Gasteiger partial charge in [0.1, 0.15) is 0 Å². The lowest BCUT2D eigenvalue weighted by Crippen LogP contribution is -2.11. The van der Waals surface area contributed by atoms with Gasteiger partial charge in [-0.05, 0) is 12.1 Å². The van der Waals surface area contributed by atoms with Crippen LogP contribution in [0.1, 0.15) is 6.04 Å². The van der Waals surface area contributed by atoms with Crippen molar-refractivity contribution in [2.45, 2.75) is 16.4 Å². The fourth-order valence-corrected chi connectivity index (χ4v) is 6.80. The largest absolute Gasteiger partial charge is 0.320 e. The van der Waals surface area contributed by atoms with Crippen LogP contribution in [0.25, 0.3) is 11.3 Å². The molecule has 104 valence electrons. The Hall–Kier alpha value is -0.980. The number of imidazole rings is 1. The second-order valence-electron chi connectivity index (χ2n) is 5.12. The maximum absolute atomic E-state index is 11.7. The summed E-state index contributed by atoms with van der Waals surface area (Å²) in [4.78, 5) is 4.61. The average Bonchev–Trinajstić information content (AvgIpc) is 2.98. The van der Waals surface area contributed by atoms with Crippen LogP contribution in [0, 0.1) is 0 Å². The highest BCUT2D eigenvalue weighted by molar-refractivity contribution is 8.02. The van der Waals surface area contributed by atoms with Crippen LogP contribution in [0.2, 0.25) is 5.02 Å². The Morgan fingerprint density at radius 3 is 2.75 bits per heavy atom. The van der Waals surface area contributed by atoms with Crippen molar-refractivity contribution >= 4 is 33.2 Å². The molecule has 0 radical (unpaired) electrons. The molecule has 1 aromatic heterocycles. The predicted molar refractivity (Wildman–Crippen MR) is 80.0 cm³/mol. The third-order valence-corrected chi connectivity index (χ3v) is 7.20. The highest BCUT2D eigenvalue weighted by Crippen LogP contribution is 2.45. The molecule has 3 heterocycles. The lowest BCUT2D eigenvalue weighted by Gasteiger charge is -2.07. The molecule has 0 N–H and O–H groups in total. The Morgan fingerprint density at radius 2 is 2.00 bits per heavy atom. The molecule has 20 heavy (non-hydrogen) atoms. The van der Waals surface area contributed by atoms with Crippen LogP contribution in [0.4, 0.5) is 0 Å². The van der Waals surface area contributed by atoms with Crippen molar-refractivity contribution in [1.82, 2.24) is 9.55 Å². The molecule has 1 fully saturated rings. The van der Waals surface area contributed by atoms with Crippen molar-refractivity contribution in [2.24, 2.45) is 0 Å². The third kappa shape index (κ3) is 1.98. The van der Waals surface area contributed by atoms with E-state index in [1.165, 1.54) is 0 Å². The van der Waals surface area contributed by atoms with Gasteiger partial charge in [0.05, 0.1) is 23.2 Å². The smallest absolute Gasteiger partial charge is 0.169 e. The van der Waals surface area contributed by atoms with E-state index in [0.29, 0.717) is 5.02 Å². The monoisotopic (exact) mass is 326 g/mol. The molecule has 2 aromatic rings. The Bertz CT molecular complexity index is 783. The van der Waals surface area contributed by atoms with Gasteiger partial charge >= 0.3 is 0 Å². The van der Waals surface area contributed by atoms with Crippen molar-refractivity contribution in [2.75, 3.05) is 11.5 Å². The van der Waals surface area contributed by atoms with Crippen LogP contribution in [-0.4, -0.2) is 34.7 Å². The maximum Gasteiger partial charge on any atom is 0.169 e. The summed E-state index contributed by atoms with van der Waals surface area (Å²) in [6.45, 7) is 0. The zero-order chi connectivity index (χ0) is 13.9. The first-order valence-corrected chi connectivity index (χ1v) is 9.32. The third-order valence-electron chi connectivity index (χ3n) is 3.72. The number of thioether (sulfide) groups is 1. The highest BCUT2D eigenvalue weighted by Gasteiger charge is 2.45. The Labute approximate surface area is 126 Å². The maximum atomic E-state index is 11.7. The molecule has 0 unspecified atom stereocenters. The molecule has 2 aliphatic rings. The molecular weight excluding hydrogens is 316 g/mol. The number of halogens is 1. The number of fused-ring (bicyclic) bond motifs is 3. The molecular formula is C13H11ClN2O2S2. The summed E-state index contributed by atoms with van der Waals surface area (Å²) in [5, 5.41) is 1.73. The summed E-state index contributed by atoms with van der Waals surface area (Å²) in [7, 11) is -2.90. The summed E-state index contributed by atoms with van der Waals surface area (Å²) in [6, 6.07) is 7.55. The molecule has 1 saturated heterocycles. The normalized spacial score (nSPS) is 26.4. The van der Waals surface area contributed by atoms with Gasteiger partial charge in [0.25, 0.3) is 0 Å². The minimum atomic E-state index is -2.90. The summed E-state index contributed by atoms with van der Waals surface area (Å²) in [5.41, 5.74) is 1.86. The van der Waals surface area contributed by atoms with Crippen molar-refractivity contribution < 1.29 is 8.42 Å². The average molecular weight is 327 g/mol. The molecule has 4 nitrogen and oxygen atoms in total. The van der Waals surface area contributed by atoms with Crippen LogP contribution in [0.3, 0.4) is 0 Å². The molecule has 2 atom stereocenters. The minimum Gasteiger partial charge on any atom is -0.320 e. The van der Waals surface area contributed by atoms with Gasteiger partial charge in [0.2, 0.25) is 0 Å². The molecule has 0 saturated carbocycles. The van der Waals surface area contributed by atoms with Crippen LogP contribution in [0.5, 0.6) is 0 Å². The van der Waals surface area contributed by atoms with E-state index in [2.05, 4.69) is 4.98 Å². The topological polar surface area (TPSA) is 52.0 Å². The first-order chi connectivity index (χ1) is 9.52. The van der Waals surface area contributed by atoms with Crippen molar-refractivity contribution in [1.29, 1.82) is 0 Å². The lowest BCUT2D eigenvalue weighted by atomic mass is 10.2. The minimum absolute atomic E-state index is 0.0357. The van der Waals surface area contributed by atoms with E-state index in [1.807, 2.05) is 35.0 Å². The highest BCUT2D eigenvalue weighted by atomic mass is 35.5. The van der Waals surface area contributed by atoms with Crippen LogP contribution >= 0.6 is 23.4 Å². The first kappa shape index (κ1) is 12.7. The number of hydrogen-bond acceptors (Lipinski definition) is 4. The van der Waals surface area contributed by atoms with E-state index in [0.717, 1.165) is 16.4 Å². The molecule has 0 bridgehead atoms. The van der Waals surface area contributed by atoms with E-state index in [1.54, 1.807) is 11.8 Å². The molecule has 1 aromatic carbocycles. The van der Waals surface area contributed by atoms with Crippen molar-refractivity contribution in [3.05, 3.63) is 35.5 Å². The first-order valence-electron chi connectivity index (χ1n) is 6.24. The van der Waals surface area contributed by atoms with E-state index in [9.17, 15) is 8.42 Å². The number of aromatic nitrogens is 2. The fraction of sp³-hybridized carbons (Fsp3) is 0.308. The van der Waals surface area contributed by atoms with Gasteiger partial charge in [0.15, 0.2) is 15.0 Å². The van der Waals surface area contributed by atoms with Gasteiger partial charge in [-0.25, -0.2) is 13.4 Å². The quantitative estimate of drug-likeness (QED) is 0.808. The fourth-order valence-electron chi connectivity index (χ4n) is 2.77. The molecule has 0 spiro atoms. The van der Waals surface area contributed by atoms with E-state index in [-0.39, 0.29) is 22.8 Å². The number of benzene rings is 1. The standard InChI is InChI=1S/C13H11ClN2O2S2/c14-9-3-1-8(2-4-9)10-5-16-11-6-20(17,18)7-12(11)19-13(16)15-10/h1-5,11-12H,6-7H2/t11-,12+/m1/s1. The van der Waals surface area contributed by atoms with Gasteiger partial charge < -0.3 is 4.57 Å². The lowest BCUT2D eigenvalue weighted by molar-refractivity contribution is 0.550. The zero-order valence-corrected chi connectivity index (χ0v) is 12.7. The Balaban J connectivity index is 1.72. The Kier molecular flexibility index (Phi) is 2.71. The SMILES string of the molecule is O=S1(=O)C[C@@H]2Sc3nc(-c4ccc(Cl)cc4)cn3[C@@H]2C1. The summed E-state index contributed by atoms with van der Waals surface area (Å²) < 4.78 is 25.4. The molecule has 7 heteroatoms. The summed E-state index contributed by atoms with van der Waals surface area (Å²) in [6.07, 6.45) is 1.96. The van der Waals surface area contributed by atoms with Gasteiger partial charge in [0, 0.05) is 22.0 Å². The summed E-state index contributed by atoms with van der Waals surface area (Å²) in [5.74, 6) is 0.496. The molecule has 4 rings (SSSR count). The van der Waals surface area contributed by atoms with E-state index >= 15 is 0 Å². The van der Waals surface area contributed by atoms with E-state index < -0.39 is 9.84 Å². The van der Waals surface area contributed by atoms with Crippen LogP contribution in [0.15, 0.2) is 35.6 Å². The second kappa shape index (κ2) is 4.26. The van der Waals surface area contributed by atoms with Gasteiger partial charge in [-0.15, -0.1) is 0 Å².